The fraction of sp³-hybridized carbons (Fsp3) is 0.333. The number of amides is 2. The lowest BCUT2D eigenvalue weighted by molar-refractivity contribution is -0.139. The average Bonchev–Trinajstić information content (AvgIpc) is 2.95. The van der Waals surface area contributed by atoms with Crippen LogP contribution in [0.1, 0.15) is 39.2 Å². The van der Waals surface area contributed by atoms with Gasteiger partial charge in [0.1, 0.15) is 12.6 Å². The van der Waals surface area contributed by atoms with Crippen LogP contribution in [0.5, 0.6) is 0 Å². The summed E-state index contributed by atoms with van der Waals surface area (Å²) in [7, 11) is -4.04. The fourth-order valence-electron chi connectivity index (χ4n) is 4.18. The van der Waals surface area contributed by atoms with Gasteiger partial charge in [0.15, 0.2) is 0 Å². The second-order valence-electron chi connectivity index (χ2n) is 9.22. The number of nitrogens with zero attached hydrogens (tertiary/aromatic N) is 2. The summed E-state index contributed by atoms with van der Waals surface area (Å²) in [6, 6.07) is 25.6. The van der Waals surface area contributed by atoms with Gasteiger partial charge in [-0.15, -0.1) is 0 Å². The lowest BCUT2D eigenvalue weighted by Gasteiger charge is -2.33. The van der Waals surface area contributed by atoms with Crippen LogP contribution in [0.4, 0.5) is 5.69 Å². The van der Waals surface area contributed by atoms with Crippen LogP contribution >= 0.6 is 0 Å². The van der Waals surface area contributed by atoms with Gasteiger partial charge < -0.3 is 10.2 Å². The minimum Gasteiger partial charge on any atom is -0.352 e. The second kappa shape index (κ2) is 13.8. The van der Waals surface area contributed by atoms with E-state index in [0.29, 0.717) is 18.5 Å². The fourth-order valence-corrected chi connectivity index (χ4v) is 5.61. The molecule has 0 spiro atoms. The van der Waals surface area contributed by atoms with E-state index in [1.165, 1.54) is 17.0 Å². The van der Waals surface area contributed by atoms with E-state index in [2.05, 4.69) is 5.32 Å². The largest absolute Gasteiger partial charge is 0.352 e. The number of hydrogen-bond acceptors (Lipinski definition) is 4. The minimum absolute atomic E-state index is 0.0399. The zero-order valence-corrected chi connectivity index (χ0v) is 23.1. The smallest absolute Gasteiger partial charge is 0.264 e. The third-order valence-electron chi connectivity index (χ3n) is 6.53. The molecule has 3 aromatic rings. The molecule has 202 valence electrons. The van der Waals surface area contributed by atoms with E-state index in [-0.39, 0.29) is 23.4 Å². The van der Waals surface area contributed by atoms with E-state index in [1.807, 2.05) is 51.1 Å². The normalized spacial score (nSPS) is 12.8. The van der Waals surface area contributed by atoms with Gasteiger partial charge in [0, 0.05) is 12.6 Å². The number of anilines is 1. The Morgan fingerprint density at radius 1 is 0.816 bits per heavy atom. The summed E-state index contributed by atoms with van der Waals surface area (Å²) in [5, 5.41) is 2.99. The van der Waals surface area contributed by atoms with Crippen molar-refractivity contribution in [2.75, 3.05) is 17.4 Å². The molecular formula is C30H37N3O4S. The predicted octanol–water partition coefficient (Wildman–Crippen LogP) is 4.65. The van der Waals surface area contributed by atoms with Crippen molar-refractivity contribution >= 4 is 27.5 Å². The van der Waals surface area contributed by atoms with Gasteiger partial charge in [-0.25, -0.2) is 8.42 Å². The molecule has 0 saturated carbocycles. The molecule has 2 amide bonds. The maximum atomic E-state index is 13.9. The van der Waals surface area contributed by atoms with Crippen LogP contribution in [0, 0.1) is 0 Å². The van der Waals surface area contributed by atoms with Gasteiger partial charge in [0.2, 0.25) is 11.8 Å². The third-order valence-corrected chi connectivity index (χ3v) is 8.31. The van der Waals surface area contributed by atoms with Crippen LogP contribution in [0.3, 0.4) is 0 Å². The molecule has 0 radical (unpaired) electrons. The summed E-state index contributed by atoms with van der Waals surface area (Å²) < 4.78 is 28.5. The number of rotatable bonds is 13. The van der Waals surface area contributed by atoms with Gasteiger partial charge in [0.05, 0.1) is 10.6 Å². The molecule has 0 aromatic heterocycles. The molecule has 0 aliphatic heterocycles. The predicted molar refractivity (Wildman–Crippen MR) is 151 cm³/mol. The molecule has 0 bridgehead atoms. The highest BCUT2D eigenvalue weighted by Crippen LogP contribution is 2.24. The summed E-state index contributed by atoms with van der Waals surface area (Å²) >= 11 is 0. The maximum Gasteiger partial charge on any atom is 0.264 e. The second-order valence-corrected chi connectivity index (χ2v) is 11.1. The van der Waals surface area contributed by atoms with E-state index in [0.717, 1.165) is 16.3 Å². The Bertz CT molecular complexity index is 1270. The molecule has 8 heteroatoms. The summed E-state index contributed by atoms with van der Waals surface area (Å²) in [5.41, 5.74) is 1.41. The Morgan fingerprint density at radius 2 is 1.37 bits per heavy atom. The number of carbonyl (C=O) groups excluding carboxylic acids is 2. The molecule has 0 saturated heterocycles. The molecule has 0 fully saturated rings. The number of nitrogens with one attached hydrogen (secondary N) is 1. The number of sulfonamides is 1. The zero-order chi connectivity index (χ0) is 27.5. The van der Waals surface area contributed by atoms with Crippen LogP contribution in [0.25, 0.3) is 0 Å². The molecule has 3 rings (SSSR count). The van der Waals surface area contributed by atoms with Crippen molar-refractivity contribution in [3.8, 4) is 0 Å². The van der Waals surface area contributed by atoms with Gasteiger partial charge >= 0.3 is 0 Å². The Balaban J connectivity index is 1.96. The molecule has 0 unspecified atom stereocenters. The standard InChI is InChI=1S/C30H37N3O4S/c1-4-24(3)31-30(35)28(5-2)32(22-21-25-15-9-6-10-16-25)29(34)23-33(26-17-11-7-12-18-26)38(36,37)27-19-13-8-14-20-27/h6-20,24,28H,4-5,21-23H2,1-3H3,(H,31,35)/t24-,28-/m0/s1. The number of hydrogen-bond donors (Lipinski definition) is 1. The third kappa shape index (κ3) is 7.44. The first kappa shape index (κ1) is 28.9. The van der Waals surface area contributed by atoms with Crippen LogP contribution in [0.2, 0.25) is 0 Å². The van der Waals surface area contributed by atoms with Gasteiger partial charge in [-0.3, -0.25) is 13.9 Å². The van der Waals surface area contributed by atoms with Gasteiger partial charge in [-0.2, -0.15) is 0 Å². The average molecular weight is 536 g/mol. The van der Waals surface area contributed by atoms with E-state index >= 15 is 0 Å². The van der Waals surface area contributed by atoms with E-state index in [4.69, 9.17) is 0 Å². The molecule has 2 atom stereocenters. The SMILES string of the molecule is CC[C@H](C)NC(=O)[C@H](CC)N(CCc1ccccc1)C(=O)CN(c1ccccc1)S(=O)(=O)c1ccccc1. The first-order valence-corrected chi connectivity index (χ1v) is 14.5. The molecular weight excluding hydrogens is 498 g/mol. The molecule has 7 nitrogen and oxygen atoms in total. The van der Waals surface area contributed by atoms with Gasteiger partial charge in [0.25, 0.3) is 10.0 Å². The molecule has 0 aliphatic rings. The lowest BCUT2D eigenvalue weighted by atomic mass is 10.1. The summed E-state index contributed by atoms with van der Waals surface area (Å²) in [6.07, 6.45) is 1.70. The first-order valence-electron chi connectivity index (χ1n) is 13.0. The highest BCUT2D eigenvalue weighted by Gasteiger charge is 2.33. The Labute approximate surface area is 226 Å². The maximum absolute atomic E-state index is 13.9. The van der Waals surface area contributed by atoms with Crippen LogP contribution < -0.4 is 9.62 Å². The Hall–Kier alpha value is -3.65. The minimum atomic E-state index is -4.04. The van der Waals surface area contributed by atoms with E-state index < -0.39 is 28.5 Å². The first-order chi connectivity index (χ1) is 18.3. The zero-order valence-electron chi connectivity index (χ0n) is 22.3. The van der Waals surface area contributed by atoms with Crippen molar-refractivity contribution in [3.05, 3.63) is 96.6 Å². The topological polar surface area (TPSA) is 86.8 Å². The van der Waals surface area contributed by atoms with Crippen molar-refractivity contribution in [3.63, 3.8) is 0 Å². The van der Waals surface area contributed by atoms with E-state index in [9.17, 15) is 18.0 Å². The Kier molecular flexibility index (Phi) is 10.5. The van der Waals surface area contributed by atoms with Crippen molar-refractivity contribution < 1.29 is 18.0 Å². The summed E-state index contributed by atoms with van der Waals surface area (Å²) in [6.45, 7) is 5.62. The van der Waals surface area contributed by atoms with Gasteiger partial charge in [-0.05, 0) is 56.0 Å². The molecule has 1 N–H and O–H groups in total. The highest BCUT2D eigenvalue weighted by atomic mass is 32.2. The molecule has 0 heterocycles. The Morgan fingerprint density at radius 3 is 1.92 bits per heavy atom. The van der Waals surface area contributed by atoms with Crippen molar-refractivity contribution in [2.45, 2.75) is 57.0 Å². The number of para-hydroxylation sites is 1. The van der Waals surface area contributed by atoms with Gasteiger partial charge in [-0.1, -0.05) is 80.6 Å². The number of benzene rings is 3. The molecule has 0 aliphatic carbocycles. The van der Waals surface area contributed by atoms with Crippen LogP contribution in [-0.2, 0) is 26.0 Å². The van der Waals surface area contributed by atoms with Crippen LogP contribution in [-0.4, -0.2) is 50.3 Å². The van der Waals surface area contributed by atoms with E-state index in [1.54, 1.807) is 48.5 Å². The lowest BCUT2D eigenvalue weighted by Crippen LogP contribution is -2.54. The highest BCUT2D eigenvalue weighted by molar-refractivity contribution is 7.92. The number of carbonyl (C=O) groups is 2. The summed E-state index contributed by atoms with van der Waals surface area (Å²) in [4.78, 5) is 28.8. The molecule has 38 heavy (non-hydrogen) atoms. The van der Waals surface area contributed by atoms with Crippen molar-refractivity contribution in [1.82, 2.24) is 10.2 Å². The monoisotopic (exact) mass is 535 g/mol. The van der Waals surface area contributed by atoms with Crippen LogP contribution in [0.15, 0.2) is 95.9 Å². The summed E-state index contributed by atoms with van der Waals surface area (Å²) in [5.74, 6) is -0.670. The van der Waals surface area contributed by atoms with Crippen molar-refractivity contribution in [1.29, 1.82) is 0 Å². The molecule has 3 aromatic carbocycles. The van der Waals surface area contributed by atoms with Crippen molar-refractivity contribution in [2.24, 2.45) is 0 Å². The quantitative estimate of drug-likeness (QED) is 0.345.